The molecule has 1 amide bonds. The quantitative estimate of drug-likeness (QED) is 0.541. The normalized spacial score (nSPS) is 15.1. The highest BCUT2D eigenvalue weighted by Crippen LogP contribution is 2.27. The summed E-state index contributed by atoms with van der Waals surface area (Å²) in [6.07, 6.45) is 7.93. The van der Waals surface area contributed by atoms with Crippen LogP contribution in [0.25, 0.3) is 11.3 Å². The largest absolute Gasteiger partial charge is 0.342 e. The molecule has 1 aromatic carbocycles. The maximum absolute atomic E-state index is 12.8. The van der Waals surface area contributed by atoms with Gasteiger partial charge in [-0.1, -0.05) is 18.2 Å². The van der Waals surface area contributed by atoms with Crippen molar-refractivity contribution in [3.8, 4) is 5.69 Å². The Balaban J connectivity index is 1.20. The third kappa shape index (κ3) is 3.51. The van der Waals surface area contributed by atoms with Crippen molar-refractivity contribution >= 4 is 11.6 Å². The van der Waals surface area contributed by atoms with Crippen molar-refractivity contribution in [2.45, 2.75) is 25.2 Å². The fraction of sp³-hybridized carbons (Fsp3) is 0.273. The van der Waals surface area contributed by atoms with Gasteiger partial charge >= 0.3 is 0 Å². The molecule has 1 saturated heterocycles. The predicted molar refractivity (Wildman–Crippen MR) is 109 cm³/mol. The minimum Gasteiger partial charge on any atom is -0.342 e. The van der Waals surface area contributed by atoms with Gasteiger partial charge in [-0.2, -0.15) is 5.10 Å². The predicted octanol–water partition coefficient (Wildman–Crippen LogP) is 2.86. The first-order chi connectivity index (χ1) is 14.3. The van der Waals surface area contributed by atoms with E-state index in [4.69, 9.17) is 0 Å². The molecule has 4 heterocycles. The highest BCUT2D eigenvalue weighted by molar-refractivity contribution is 5.79. The first-order valence-corrected chi connectivity index (χ1v) is 9.94. The number of hydrogen-bond donors (Lipinski definition) is 0. The Bertz CT molecular complexity index is 1110. The van der Waals surface area contributed by atoms with Gasteiger partial charge in [0.25, 0.3) is 0 Å². The number of carbonyl (C=O) groups excluding carboxylic acids is 1. The summed E-state index contributed by atoms with van der Waals surface area (Å²) in [5, 5.41) is 12.9. The summed E-state index contributed by atoms with van der Waals surface area (Å²) >= 11 is 0. The molecule has 0 bridgehead atoms. The van der Waals surface area contributed by atoms with Crippen LogP contribution in [0.1, 0.15) is 30.1 Å². The van der Waals surface area contributed by atoms with Gasteiger partial charge in [0.2, 0.25) is 5.91 Å². The zero-order chi connectivity index (χ0) is 19.6. The van der Waals surface area contributed by atoms with Crippen LogP contribution in [0.5, 0.6) is 0 Å². The van der Waals surface area contributed by atoms with E-state index >= 15 is 0 Å². The lowest BCUT2D eigenvalue weighted by atomic mass is 9.95. The fourth-order valence-electron chi connectivity index (χ4n) is 4.00. The highest BCUT2D eigenvalue weighted by atomic mass is 16.2. The van der Waals surface area contributed by atoms with Crippen LogP contribution in [-0.4, -0.2) is 48.3 Å². The van der Waals surface area contributed by atoms with E-state index in [1.807, 2.05) is 70.5 Å². The van der Waals surface area contributed by atoms with Gasteiger partial charge in [0.1, 0.15) is 5.82 Å². The second-order valence-electron chi connectivity index (χ2n) is 7.44. The molecule has 3 aromatic heterocycles. The molecule has 1 aliphatic rings. The van der Waals surface area contributed by atoms with Crippen molar-refractivity contribution < 1.29 is 4.79 Å². The second kappa shape index (κ2) is 7.50. The number of carbonyl (C=O) groups is 1. The van der Waals surface area contributed by atoms with Crippen LogP contribution < -0.4 is 0 Å². The van der Waals surface area contributed by atoms with E-state index in [0.29, 0.717) is 12.3 Å². The summed E-state index contributed by atoms with van der Waals surface area (Å²) in [5.74, 6) is 1.52. The lowest BCUT2D eigenvalue weighted by Gasteiger charge is -2.31. The van der Waals surface area contributed by atoms with Gasteiger partial charge in [-0.15, -0.1) is 10.2 Å². The minimum atomic E-state index is 0.182. The van der Waals surface area contributed by atoms with Crippen LogP contribution in [0.3, 0.4) is 0 Å². The fourth-order valence-corrected chi connectivity index (χ4v) is 4.00. The summed E-state index contributed by atoms with van der Waals surface area (Å²) in [7, 11) is 0. The topological polar surface area (TPSA) is 68.3 Å². The standard InChI is InChI=1S/C22H22N6O/c29-21(16-17-5-7-19(8-6-17)28-13-3-11-23-28)26-14-9-18(10-15-26)22-25-24-20-4-1-2-12-27(20)22/h1-8,11-13,18H,9-10,14-16H2. The Morgan fingerprint density at radius 2 is 1.79 bits per heavy atom. The minimum absolute atomic E-state index is 0.182. The van der Waals surface area contributed by atoms with Gasteiger partial charge in [-0.25, -0.2) is 4.68 Å². The Morgan fingerprint density at radius 3 is 2.55 bits per heavy atom. The average molecular weight is 386 g/mol. The molecule has 0 atom stereocenters. The molecule has 0 unspecified atom stereocenters. The van der Waals surface area contributed by atoms with Crippen LogP contribution in [0.15, 0.2) is 67.1 Å². The molecular formula is C22H22N6O. The number of hydrogen-bond acceptors (Lipinski definition) is 4. The Labute approximate surface area is 168 Å². The van der Waals surface area contributed by atoms with Crippen molar-refractivity contribution in [3.05, 3.63) is 78.5 Å². The van der Waals surface area contributed by atoms with E-state index in [2.05, 4.69) is 19.7 Å². The summed E-state index contributed by atoms with van der Waals surface area (Å²) in [6, 6.07) is 15.8. The number of amides is 1. The lowest BCUT2D eigenvalue weighted by Crippen LogP contribution is -2.39. The van der Waals surface area contributed by atoms with E-state index in [1.165, 1.54) is 0 Å². The van der Waals surface area contributed by atoms with Crippen LogP contribution >= 0.6 is 0 Å². The van der Waals surface area contributed by atoms with Crippen molar-refractivity contribution in [2.24, 2.45) is 0 Å². The number of pyridine rings is 1. The van der Waals surface area contributed by atoms with Gasteiger partial charge in [-0.05, 0) is 48.7 Å². The Hall–Kier alpha value is -3.48. The van der Waals surface area contributed by atoms with Crippen molar-refractivity contribution in [2.75, 3.05) is 13.1 Å². The molecular weight excluding hydrogens is 364 g/mol. The number of piperidine rings is 1. The molecule has 0 spiro atoms. The first kappa shape index (κ1) is 17.6. The molecule has 7 heteroatoms. The molecule has 0 saturated carbocycles. The first-order valence-electron chi connectivity index (χ1n) is 9.94. The van der Waals surface area contributed by atoms with Gasteiger partial charge in [-0.3, -0.25) is 9.20 Å². The van der Waals surface area contributed by atoms with E-state index in [0.717, 1.165) is 48.7 Å². The monoisotopic (exact) mass is 386 g/mol. The molecule has 0 aliphatic carbocycles. The number of benzene rings is 1. The number of aromatic nitrogens is 5. The summed E-state index contributed by atoms with van der Waals surface area (Å²) in [6.45, 7) is 1.52. The van der Waals surface area contributed by atoms with E-state index in [9.17, 15) is 4.79 Å². The van der Waals surface area contributed by atoms with Gasteiger partial charge < -0.3 is 4.90 Å². The smallest absolute Gasteiger partial charge is 0.226 e. The molecule has 1 fully saturated rings. The molecule has 4 aromatic rings. The van der Waals surface area contributed by atoms with E-state index in [-0.39, 0.29) is 5.91 Å². The summed E-state index contributed by atoms with van der Waals surface area (Å²) in [5.41, 5.74) is 2.89. The number of likely N-dealkylation sites (tertiary alicyclic amines) is 1. The van der Waals surface area contributed by atoms with Gasteiger partial charge in [0.15, 0.2) is 5.65 Å². The number of nitrogens with zero attached hydrogens (tertiary/aromatic N) is 6. The van der Waals surface area contributed by atoms with E-state index < -0.39 is 0 Å². The number of fused-ring (bicyclic) bond motifs is 1. The summed E-state index contributed by atoms with van der Waals surface area (Å²) in [4.78, 5) is 14.7. The lowest BCUT2D eigenvalue weighted by molar-refractivity contribution is -0.131. The Morgan fingerprint density at radius 1 is 0.966 bits per heavy atom. The van der Waals surface area contributed by atoms with Crippen LogP contribution in [-0.2, 0) is 11.2 Å². The molecule has 0 radical (unpaired) electrons. The molecule has 29 heavy (non-hydrogen) atoms. The summed E-state index contributed by atoms with van der Waals surface area (Å²) < 4.78 is 3.87. The third-order valence-corrected chi connectivity index (χ3v) is 5.61. The van der Waals surface area contributed by atoms with Crippen LogP contribution in [0.2, 0.25) is 0 Å². The highest BCUT2D eigenvalue weighted by Gasteiger charge is 2.26. The zero-order valence-electron chi connectivity index (χ0n) is 16.1. The van der Waals surface area contributed by atoms with Gasteiger partial charge in [0, 0.05) is 37.6 Å². The maximum Gasteiger partial charge on any atom is 0.226 e. The van der Waals surface area contributed by atoms with Crippen molar-refractivity contribution in [1.29, 1.82) is 0 Å². The second-order valence-corrected chi connectivity index (χ2v) is 7.44. The van der Waals surface area contributed by atoms with Crippen LogP contribution in [0, 0.1) is 0 Å². The molecule has 146 valence electrons. The SMILES string of the molecule is O=C(Cc1ccc(-n2cccn2)cc1)N1CCC(c2nnc3ccccn23)CC1. The maximum atomic E-state index is 12.8. The number of rotatable bonds is 4. The molecule has 7 nitrogen and oxygen atoms in total. The van der Waals surface area contributed by atoms with Crippen molar-refractivity contribution in [1.82, 2.24) is 29.3 Å². The molecule has 0 N–H and O–H groups in total. The Kier molecular flexibility index (Phi) is 4.56. The molecule has 5 rings (SSSR count). The zero-order valence-corrected chi connectivity index (χ0v) is 16.1. The van der Waals surface area contributed by atoms with Crippen LogP contribution in [0.4, 0.5) is 0 Å². The van der Waals surface area contributed by atoms with Crippen molar-refractivity contribution in [3.63, 3.8) is 0 Å². The van der Waals surface area contributed by atoms with Gasteiger partial charge in [0.05, 0.1) is 12.1 Å². The molecule has 1 aliphatic heterocycles. The third-order valence-electron chi connectivity index (χ3n) is 5.61. The van der Waals surface area contributed by atoms with E-state index in [1.54, 1.807) is 6.20 Å². The average Bonchev–Trinajstić information content (AvgIpc) is 3.45.